The zero-order chi connectivity index (χ0) is 25.2. The number of aliphatic hydroxyl groups is 1. The van der Waals surface area contributed by atoms with Crippen molar-refractivity contribution >= 4 is 17.7 Å². The highest BCUT2D eigenvalue weighted by Gasteiger charge is 2.30. The Balaban J connectivity index is 1.77. The summed E-state index contributed by atoms with van der Waals surface area (Å²) in [4.78, 5) is 36.9. The average molecular weight is 477 g/mol. The van der Waals surface area contributed by atoms with Gasteiger partial charge in [0, 0.05) is 17.9 Å². The summed E-state index contributed by atoms with van der Waals surface area (Å²) in [6.07, 6.45) is 0.229. The summed E-state index contributed by atoms with van der Waals surface area (Å²) in [6, 6.07) is 18.7. The molecule has 2 aromatic carbocycles. The Morgan fingerprint density at radius 2 is 1.66 bits per heavy atom. The van der Waals surface area contributed by atoms with Gasteiger partial charge in [-0.1, -0.05) is 61.9 Å². The lowest BCUT2D eigenvalue weighted by atomic mass is 9.88. The Morgan fingerprint density at radius 3 is 2.31 bits per heavy atom. The number of carbonyl (C=O) groups excluding carboxylic acids is 2. The number of carboxylic acids is 1. The smallest absolute Gasteiger partial charge is 0.336 e. The van der Waals surface area contributed by atoms with Gasteiger partial charge in [0.2, 0.25) is 0 Å². The van der Waals surface area contributed by atoms with Crippen LogP contribution in [0.3, 0.4) is 0 Å². The Labute approximate surface area is 203 Å². The maximum Gasteiger partial charge on any atom is 0.336 e. The lowest BCUT2D eigenvalue weighted by Gasteiger charge is -2.21. The molecule has 0 unspecified atom stereocenters. The fourth-order valence-electron chi connectivity index (χ4n) is 3.67. The highest BCUT2D eigenvalue weighted by Crippen LogP contribution is 2.23. The van der Waals surface area contributed by atoms with E-state index in [0.29, 0.717) is 24.1 Å². The Morgan fingerprint density at radius 1 is 0.943 bits per heavy atom. The second-order valence-electron chi connectivity index (χ2n) is 8.20. The first-order chi connectivity index (χ1) is 16.9. The van der Waals surface area contributed by atoms with Crippen LogP contribution in [0.1, 0.15) is 52.6 Å². The fraction of sp³-hybridized carbons (Fsp3) is 0.296. The van der Waals surface area contributed by atoms with Crippen LogP contribution in [0.2, 0.25) is 0 Å². The molecule has 8 nitrogen and oxygen atoms in total. The molecule has 3 rings (SSSR count). The molecule has 0 radical (unpaired) electrons. The number of aromatic nitrogens is 2. The van der Waals surface area contributed by atoms with Gasteiger partial charge < -0.3 is 14.9 Å². The van der Waals surface area contributed by atoms with E-state index in [-0.39, 0.29) is 24.3 Å². The minimum absolute atomic E-state index is 0.0613. The van der Waals surface area contributed by atoms with Crippen LogP contribution < -0.4 is 0 Å². The number of carboxylic acid groups (broad SMARTS) is 1. The molecule has 2 atom stereocenters. The van der Waals surface area contributed by atoms with E-state index in [2.05, 4.69) is 10.2 Å². The quantitative estimate of drug-likeness (QED) is 0.228. The first-order valence-corrected chi connectivity index (χ1v) is 11.5. The zero-order valence-corrected chi connectivity index (χ0v) is 19.5. The number of ether oxygens (including phenoxy) is 1. The van der Waals surface area contributed by atoms with Crippen molar-refractivity contribution in [3.63, 3.8) is 0 Å². The van der Waals surface area contributed by atoms with Gasteiger partial charge in [-0.15, -0.1) is 10.2 Å². The molecule has 0 aliphatic rings. The summed E-state index contributed by atoms with van der Waals surface area (Å²) in [5.41, 5.74) is 1.72. The maximum atomic E-state index is 13.0. The summed E-state index contributed by atoms with van der Waals surface area (Å²) in [7, 11) is 0. The molecule has 35 heavy (non-hydrogen) atoms. The monoisotopic (exact) mass is 476 g/mol. The van der Waals surface area contributed by atoms with Gasteiger partial charge in [0.15, 0.2) is 11.9 Å². The number of rotatable bonds is 12. The van der Waals surface area contributed by atoms with Crippen LogP contribution in [0.25, 0.3) is 11.3 Å². The van der Waals surface area contributed by atoms with Crippen LogP contribution >= 0.6 is 0 Å². The van der Waals surface area contributed by atoms with Crippen LogP contribution in [-0.4, -0.2) is 50.8 Å². The van der Waals surface area contributed by atoms with Gasteiger partial charge in [-0.3, -0.25) is 4.79 Å². The van der Waals surface area contributed by atoms with Gasteiger partial charge >= 0.3 is 11.9 Å². The van der Waals surface area contributed by atoms with E-state index >= 15 is 0 Å². The fourth-order valence-corrected chi connectivity index (χ4v) is 3.67. The van der Waals surface area contributed by atoms with Crippen LogP contribution in [0.5, 0.6) is 0 Å². The van der Waals surface area contributed by atoms with Crippen LogP contribution in [0, 0.1) is 5.92 Å². The third-order valence-corrected chi connectivity index (χ3v) is 5.60. The zero-order valence-electron chi connectivity index (χ0n) is 19.5. The number of esters is 1. The number of ketones is 1. The predicted octanol–water partition coefficient (Wildman–Crippen LogP) is 3.98. The molecule has 0 aliphatic heterocycles. The molecule has 0 amide bonds. The number of Topliss-reactive ketones (excluding diaryl/α,β-unsaturated/α-hetero) is 1. The second kappa shape index (κ2) is 12.5. The van der Waals surface area contributed by atoms with Crippen LogP contribution in [-0.2, 0) is 16.0 Å². The number of aromatic carboxylic acids is 1. The SMILES string of the molecule is CCCCOC(=O)[C@H](O)[C@H](CC(=O)c1ccc(-c2ccccc2C(=O)O)nn1)Cc1ccccc1. The van der Waals surface area contributed by atoms with Crippen LogP contribution in [0.4, 0.5) is 0 Å². The minimum atomic E-state index is -1.47. The van der Waals surface area contributed by atoms with Crippen molar-refractivity contribution in [1.29, 1.82) is 0 Å². The average Bonchev–Trinajstić information content (AvgIpc) is 2.88. The largest absolute Gasteiger partial charge is 0.478 e. The number of hydrogen-bond acceptors (Lipinski definition) is 7. The number of aliphatic hydroxyl groups excluding tert-OH is 1. The van der Waals surface area contributed by atoms with E-state index in [1.165, 1.54) is 18.2 Å². The summed E-state index contributed by atoms with van der Waals surface area (Å²) in [5, 5.41) is 28.1. The molecule has 0 saturated carbocycles. The Hall–Kier alpha value is -3.91. The number of carbonyl (C=O) groups is 3. The van der Waals surface area contributed by atoms with Crippen molar-refractivity contribution in [2.75, 3.05) is 6.61 Å². The third kappa shape index (κ3) is 7.04. The van der Waals surface area contributed by atoms with Crippen molar-refractivity contribution in [2.45, 2.75) is 38.7 Å². The normalized spacial score (nSPS) is 12.5. The van der Waals surface area contributed by atoms with Crippen LogP contribution in [0.15, 0.2) is 66.7 Å². The van der Waals surface area contributed by atoms with Crippen molar-refractivity contribution < 1.29 is 29.3 Å². The molecule has 182 valence electrons. The highest BCUT2D eigenvalue weighted by molar-refractivity contribution is 5.96. The van der Waals surface area contributed by atoms with Crippen molar-refractivity contribution in [2.24, 2.45) is 5.92 Å². The third-order valence-electron chi connectivity index (χ3n) is 5.60. The molecule has 0 spiro atoms. The first-order valence-electron chi connectivity index (χ1n) is 11.5. The topological polar surface area (TPSA) is 127 Å². The maximum absolute atomic E-state index is 13.0. The molecule has 1 heterocycles. The van der Waals surface area contributed by atoms with E-state index in [1.54, 1.807) is 18.2 Å². The van der Waals surface area contributed by atoms with E-state index in [4.69, 9.17) is 4.74 Å². The summed E-state index contributed by atoms with van der Waals surface area (Å²) in [6.45, 7) is 2.18. The van der Waals surface area contributed by atoms with E-state index < -0.39 is 29.7 Å². The lowest BCUT2D eigenvalue weighted by molar-refractivity contribution is -0.156. The molecular formula is C27H28N2O6. The first kappa shape index (κ1) is 25.7. The van der Waals surface area contributed by atoms with E-state index in [1.807, 2.05) is 37.3 Å². The van der Waals surface area contributed by atoms with E-state index in [9.17, 15) is 24.6 Å². The highest BCUT2D eigenvalue weighted by atomic mass is 16.5. The molecule has 0 aliphatic carbocycles. The van der Waals surface area contributed by atoms with Gasteiger partial charge in [-0.2, -0.15) is 0 Å². The van der Waals surface area contributed by atoms with E-state index in [0.717, 1.165) is 12.0 Å². The van der Waals surface area contributed by atoms with Crippen molar-refractivity contribution in [3.05, 3.63) is 83.6 Å². The lowest BCUT2D eigenvalue weighted by Crippen LogP contribution is -2.34. The summed E-state index contributed by atoms with van der Waals surface area (Å²) in [5.74, 6) is -2.95. The minimum Gasteiger partial charge on any atom is -0.478 e. The molecule has 0 saturated heterocycles. The van der Waals surface area contributed by atoms with Crippen molar-refractivity contribution in [1.82, 2.24) is 10.2 Å². The van der Waals surface area contributed by atoms with Gasteiger partial charge in [-0.05, 0) is 36.6 Å². The van der Waals surface area contributed by atoms with Gasteiger partial charge in [-0.25, -0.2) is 9.59 Å². The molecule has 0 bridgehead atoms. The predicted molar refractivity (Wildman–Crippen MR) is 129 cm³/mol. The summed E-state index contributed by atoms with van der Waals surface area (Å²) < 4.78 is 5.17. The molecule has 0 fully saturated rings. The Kier molecular flexibility index (Phi) is 9.20. The number of hydrogen-bond donors (Lipinski definition) is 2. The van der Waals surface area contributed by atoms with Gasteiger partial charge in [0.05, 0.1) is 17.9 Å². The standard InChI is InChI=1S/C27H28N2O6/c1-2-3-15-35-27(34)25(31)19(16-18-9-5-4-6-10-18)17-24(30)23-14-13-22(28-29-23)20-11-7-8-12-21(20)26(32)33/h4-14,19,25,31H,2-3,15-17H2,1H3,(H,32,33)/t19-,25+/m0/s1. The summed E-state index contributed by atoms with van der Waals surface area (Å²) >= 11 is 0. The molecular weight excluding hydrogens is 448 g/mol. The second-order valence-corrected chi connectivity index (χ2v) is 8.20. The molecule has 2 N–H and O–H groups in total. The number of benzene rings is 2. The molecule has 1 aromatic heterocycles. The number of nitrogens with zero attached hydrogens (tertiary/aromatic N) is 2. The van der Waals surface area contributed by atoms with Crippen molar-refractivity contribution in [3.8, 4) is 11.3 Å². The van der Waals surface area contributed by atoms with Gasteiger partial charge in [0.1, 0.15) is 5.69 Å². The number of unbranched alkanes of at least 4 members (excludes halogenated alkanes) is 1. The Bertz CT molecular complexity index is 1150. The molecule has 8 heteroatoms. The van der Waals surface area contributed by atoms with Gasteiger partial charge in [0.25, 0.3) is 0 Å². The molecule has 3 aromatic rings.